The number of benzene rings is 1. The average Bonchev–Trinajstić information content (AvgIpc) is 2.86. The molecule has 1 heterocycles. The highest BCUT2D eigenvalue weighted by atomic mass is 32.7. The van der Waals surface area contributed by atoms with Gasteiger partial charge in [0, 0.05) is 12.3 Å². The molecule has 0 spiro atoms. The van der Waals surface area contributed by atoms with Gasteiger partial charge in [0.15, 0.2) is 0 Å². The largest absolute Gasteiger partial charge is 0.389 e. The molecule has 0 atom stereocenters. The third kappa shape index (κ3) is 5.43. The first-order valence-corrected chi connectivity index (χ1v) is 12.1. The van der Waals surface area contributed by atoms with Crippen molar-refractivity contribution >= 4 is 30.0 Å². The monoisotopic (exact) mass is 399 g/mol. The Morgan fingerprint density at radius 1 is 0.923 bits per heavy atom. The van der Waals surface area contributed by atoms with Crippen LogP contribution in [0.4, 0.5) is 0 Å². The van der Waals surface area contributed by atoms with Crippen molar-refractivity contribution in [3.63, 3.8) is 0 Å². The Balaban J connectivity index is 1.65. The van der Waals surface area contributed by atoms with Gasteiger partial charge in [0.2, 0.25) is 0 Å². The molecule has 0 aromatic heterocycles. The van der Waals surface area contributed by atoms with E-state index in [1.807, 2.05) is 0 Å². The second-order valence-electron chi connectivity index (χ2n) is 5.84. The van der Waals surface area contributed by atoms with Crippen LogP contribution in [-0.2, 0) is 13.6 Å². The van der Waals surface area contributed by atoms with E-state index in [-0.39, 0.29) is 11.8 Å². The van der Waals surface area contributed by atoms with Crippen LogP contribution >= 0.6 is 18.2 Å². The van der Waals surface area contributed by atoms with Crippen LogP contribution in [0, 0.1) is 0 Å². The number of fused-ring (bicyclic) bond motifs is 1. The van der Waals surface area contributed by atoms with E-state index >= 15 is 0 Å². The lowest BCUT2D eigenvalue weighted by molar-refractivity contribution is 0.0651. The van der Waals surface area contributed by atoms with E-state index in [1.165, 1.54) is 16.3 Å². The van der Waals surface area contributed by atoms with E-state index in [4.69, 9.17) is 9.05 Å². The number of nitrogens with zero attached hydrogens (tertiary/aromatic N) is 1. The summed E-state index contributed by atoms with van der Waals surface area (Å²) in [5.41, 5.74) is 0.994. The van der Waals surface area contributed by atoms with Gasteiger partial charge >= 0.3 is 6.80 Å². The SMILES string of the molecule is CCOP(=O)(OCC)SCCCCCCN1C(=O)c2ccccc2C1=O. The number of carbonyl (C=O) groups excluding carboxylic acids is 2. The van der Waals surface area contributed by atoms with Crippen LogP contribution in [-0.4, -0.2) is 42.2 Å². The standard InChI is InChI=1S/C18H26NO5PS/c1-3-23-25(22,24-4-2)26-14-10-6-5-9-13-19-17(20)15-11-7-8-12-16(15)18(19)21/h7-8,11-12H,3-6,9-10,13-14H2,1-2H3. The molecule has 0 fully saturated rings. The number of unbranched alkanes of at least 4 members (excludes halogenated alkanes) is 3. The molecule has 0 saturated carbocycles. The van der Waals surface area contributed by atoms with Crippen molar-refractivity contribution in [2.75, 3.05) is 25.5 Å². The van der Waals surface area contributed by atoms with Gasteiger partial charge < -0.3 is 9.05 Å². The molecule has 2 rings (SSSR count). The zero-order chi connectivity index (χ0) is 19.0. The number of amides is 2. The fourth-order valence-corrected chi connectivity index (χ4v) is 6.32. The molecule has 6 nitrogen and oxygen atoms in total. The first-order chi connectivity index (χ1) is 12.5. The van der Waals surface area contributed by atoms with Gasteiger partial charge in [-0.25, -0.2) is 4.57 Å². The summed E-state index contributed by atoms with van der Waals surface area (Å²) < 4.78 is 22.8. The van der Waals surface area contributed by atoms with Crippen molar-refractivity contribution in [1.29, 1.82) is 0 Å². The van der Waals surface area contributed by atoms with Crippen molar-refractivity contribution in [1.82, 2.24) is 4.90 Å². The Kier molecular flexibility index (Phi) is 8.35. The molecule has 0 aliphatic carbocycles. The minimum absolute atomic E-state index is 0.199. The molecule has 0 N–H and O–H groups in total. The van der Waals surface area contributed by atoms with Crippen LogP contribution in [0.5, 0.6) is 0 Å². The minimum Gasteiger partial charge on any atom is -0.301 e. The number of rotatable bonds is 12. The van der Waals surface area contributed by atoms with E-state index in [1.54, 1.807) is 38.1 Å². The van der Waals surface area contributed by atoms with Gasteiger partial charge in [0.25, 0.3) is 11.8 Å². The van der Waals surface area contributed by atoms with Crippen molar-refractivity contribution < 1.29 is 23.2 Å². The lowest BCUT2D eigenvalue weighted by Crippen LogP contribution is -2.30. The van der Waals surface area contributed by atoms with Crippen molar-refractivity contribution in [2.24, 2.45) is 0 Å². The maximum absolute atomic E-state index is 12.3. The number of hydrogen-bond acceptors (Lipinski definition) is 6. The van der Waals surface area contributed by atoms with Gasteiger partial charge in [0.05, 0.1) is 24.3 Å². The van der Waals surface area contributed by atoms with Crippen LogP contribution < -0.4 is 0 Å². The molecule has 0 saturated heterocycles. The average molecular weight is 399 g/mol. The summed E-state index contributed by atoms with van der Waals surface area (Å²) in [4.78, 5) is 25.8. The maximum Gasteiger partial charge on any atom is 0.389 e. The Morgan fingerprint density at radius 2 is 1.46 bits per heavy atom. The molecule has 0 bridgehead atoms. The first kappa shape index (κ1) is 21.2. The van der Waals surface area contributed by atoms with Crippen molar-refractivity contribution in [2.45, 2.75) is 39.5 Å². The second-order valence-corrected chi connectivity index (χ2v) is 10.0. The molecule has 0 radical (unpaired) electrons. The maximum atomic E-state index is 12.3. The fourth-order valence-electron chi connectivity index (χ4n) is 2.77. The number of imide groups is 1. The van der Waals surface area contributed by atoms with Gasteiger partial charge in [0.1, 0.15) is 0 Å². The van der Waals surface area contributed by atoms with E-state index in [2.05, 4.69) is 0 Å². The zero-order valence-electron chi connectivity index (χ0n) is 15.3. The molecule has 1 aromatic rings. The van der Waals surface area contributed by atoms with Gasteiger partial charge in [-0.2, -0.15) is 0 Å². The normalized spacial score (nSPS) is 14.2. The van der Waals surface area contributed by atoms with Gasteiger partial charge in [-0.15, -0.1) is 0 Å². The molecule has 2 amide bonds. The van der Waals surface area contributed by atoms with Gasteiger partial charge in [-0.3, -0.25) is 14.5 Å². The highest BCUT2D eigenvalue weighted by Crippen LogP contribution is 2.60. The van der Waals surface area contributed by atoms with Crippen LogP contribution in [0.2, 0.25) is 0 Å². The predicted octanol–water partition coefficient (Wildman–Crippen LogP) is 4.76. The lowest BCUT2D eigenvalue weighted by atomic mass is 10.1. The third-order valence-electron chi connectivity index (χ3n) is 3.98. The van der Waals surface area contributed by atoms with E-state index in [0.717, 1.165) is 25.7 Å². The summed E-state index contributed by atoms with van der Waals surface area (Å²) in [5, 5.41) is 0. The Morgan fingerprint density at radius 3 is 2.00 bits per heavy atom. The topological polar surface area (TPSA) is 72.9 Å². The summed E-state index contributed by atoms with van der Waals surface area (Å²) in [7, 11) is 0. The van der Waals surface area contributed by atoms with Crippen LogP contribution in [0.1, 0.15) is 60.2 Å². The minimum atomic E-state index is -3.02. The van der Waals surface area contributed by atoms with Crippen molar-refractivity contribution in [3.05, 3.63) is 35.4 Å². The smallest absolute Gasteiger partial charge is 0.301 e. The molecule has 8 heteroatoms. The lowest BCUT2D eigenvalue weighted by Gasteiger charge is -2.16. The highest BCUT2D eigenvalue weighted by Gasteiger charge is 2.34. The van der Waals surface area contributed by atoms with E-state index in [9.17, 15) is 14.2 Å². The molecule has 26 heavy (non-hydrogen) atoms. The molecule has 144 valence electrons. The predicted molar refractivity (Wildman–Crippen MR) is 104 cm³/mol. The number of carbonyl (C=O) groups is 2. The Bertz CT molecular complexity index is 636. The third-order valence-corrected chi connectivity index (χ3v) is 8.04. The summed E-state index contributed by atoms with van der Waals surface area (Å²) in [6, 6.07) is 6.94. The van der Waals surface area contributed by atoms with Gasteiger partial charge in [-0.1, -0.05) is 25.0 Å². The van der Waals surface area contributed by atoms with Crippen LogP contribution in [0.25, 0.3) is 0 Å². The molecule has 1 aliphatic heterocycles. The summed E-state index contributed by atoms with van der Waals surface area (Å²) in [6.07, 6.45) is 3.50. The van der Waals surface area contributed by atoms with Crippen molar-refractivity contribution in [3.8, 4) is 0 Å². The highest BCUT2D eigenvalue weighted by molar-refractivity contribution is 8.55. The Hall–Kier alpha value is -1.14. The fraction of sp³-hybridized carbons (Fsp3) is 0.556. The van der Waals surface area contributed by atoms with Crippen LogP contribution in [0.15, 0.2) is 24.3 Å². The zero-order valence-corrected chi connectivity index (χ0v) is 17.0. The molecule has 1 aliphatic rings. The summed E-state index contributed by atoms with van der Waals surface area (Å²) >= 11 is 1.24. The molecule has 0 unspecified atom stereocenters. The molecular formula is C18H26NO5PS. The van der Waals surface area contributed by atoms with Gasteiger partial charge in [-0.05, 0) is 50.2 Å². The second kappa shape index (κ2) is 10.3. The number of hydrogen-bond donors (Lipinski definition) is 0. The van der Waals surface area contributed by atoms with E-state index < -0.39 is 6.80 Å². The Labute approximate surface area is 158 Å². The quantitative estimate of drug-likeness (QED) is 0.287. The molecular weight excluding hydrogens is 373 g/mol. The summed E-state index contributed by atoms with van der Waals surface area (Å²) in [6.45, 7) is 1.74. The summed E-state index contributed by atoms with van der Waals surface area (Å²) in [5.74, 6) is 0.302. The van der Waals surface area contributed by atoms with E-state index in [0.29, 0.717) is 36.6 Å². The first-order valence-electron chi connectivity index (χ1n) is 9.01. The van der Waals surface area contributed by atoms with Crippen LogP contribution in [0.3, 0.4) is 0 Å². The molecule has 1 aromatic carbocycles.